The highest BCUT2D eigenvalue weighted by Crippen LogP contribution is 2.31. The number of rotatable bonds is 8. The van der Waals surface area contributed by atoms with Crippen LogP contribution in [0.25, 0.3) is 11.4 Å². The lowest BCUT2D eigenvalue weighted by atomic mass is 10.2. The van der Waals surface area contributed by atoms with Crippen molar-refractivity contribution in [3.63, 3.8) is 0 Å². The van der Waals surface area contributed by atoms with Crippen molar-refractivity contribution in [2.24, 2.45) is 7.05 Å². The molecule has 3 aromatic rings. The Morgan fingerprint density at radius 1 is 1.17 bits per heavy atom. The lowest BCUT2D eigenvalue weighted by Crippen LogP contribution is -2.22. The van der Waals surface area contributed by atoms with Gasteiger partial charge < -0.3 is 19.4 Å². The molecule has 0 spiro atoms. The number of para-hydroxylation sites is 1. The van der Waals surface area contributed by atoms with Crippen LogP contribution in [0.3, 0.4) is 0 Å². The third kappa shape index (κ3) is 4.89. The van der Waals surface area contributed by atoms with Gasteiger partial charge >= 0.3 is 0 Å². The molecule has 1 atom stereocenters. The molecule has 0 fully saturated rings. The second-order valence-corrected chi connectivity index (χ2v) is 7.58. The first-order valence-electron chi connectivity index (χ1n) is 9.26. The van der Waals surface area contributed by atoms with Crippen LogP contribution in [-0.2, 0) is 11.8 Å². The maximum Gasteiger partial charge on any atom is 0.237 e. The van der Waals surface area contributed by atoms with Crippen molar-refractivity contribution in [2.45, 2.75) is 24.3 Å². The van der Waals surface area contributed by atoms with Gasteiger partial charge in [-0.05, 0) is 50.2 Å². The summed E-state index contributed by atoms with van der Waals surface area (Å²) < 4.78 is 12.7. The fourth-order valence-corrected chi connectivity index (χ4v) is 3.55. The molecular weight excluding hydrogens is 388 g/mol. The van der Waals surface area contributed by atoms with E-state index in [2.05, 4.69) is 15.5 Å². The van der Waals surface area contributed by atoms with Gasteiger partial charge in [-0.25, -0.2) is 0 Å². The first-order valence-corrected chi connectivity index (χ1v) is 10.1. The number of benzene rings is 2. The van der Waals surface area contributed by atoms with Crippen molar-refractivity contribution in [3.05, 3.63) is 48.5 Å². The largest absolute Gasteiger partial charge is 0.496 e. The van der Waals surface area contributed by atoms with E-state index in [1.54, 1.807) is 7.11 Å². The fraction of sp³-hybridized carbons (Fsp3) is 0.286. The van der Waals surface area contributed by atoms with Gasteiger partial charge in [0.2, 0.25) is 5.91 Å². The van der Waals surface area contributed by atoms with Crippen LogP contribution in [0.1, 0.15) is 13.8 Å². The van der Waals surface area contributed by atoms with Gasteiger partial charge in [-0.1, -0.05) is 23.9 Å². The van der Waals surface area contributed by atoms with Crippen LogP contribution in [-0.4, -0.2) is 39.6 Å². The second kappa shape index (κ2) is 9.47. The Labute approximate surface area is 174 Å². The number of nitrogens with zero attached hydrogens (tertiary/aromatic N) is 3. The van der Waals surface area contributed by atoms with E-state index < -0.39 is 0 Å². The van der Waals surface area contributed by atoms with Crippen LogP contribution in [0.2, 0.25) is 0 Å². The molecule has 0 saturated heterocycles. The molecule has 1 amide bonds. The van der Waals surface area contributed by atoms with E-state index in [9.17, 15) is 4.79 Å². The number of carbonyl (C=O) groups is 1. The molecule has 3 rings (SSSR count). The van der Waals surface area contributed by atoms with Crippen molar-refractivity contribution in [1.29, 1.82) is 0 Å². The van der Waals surface area contributed by atoms with Crippen LogP contribution < -0.4 is 14.8 Å². The number of anilines is 1. The van der Waals surface area contributed by atoms with Gasteiger partial charge in [-0.15, -0.1) is 10.2 Å². The molecule has 0 bridgehead atoms. The summed E-state index contributed by atoms with van der Waals surface area (Å²) in [5.41, 5.74) is 1.57. The molecule has 0 aliphatic carbocycles. The van der Waals surface area contributed by atoms with E-state index in [-0.39, 0.29) is 11.2 Å². The number of hydrogen-bond donors (Lipinski definition) is 1. The van der Waals surface area contributed by atoms with E-state index in [4.69, 9.17) is 9.47 Å². The smallest absolute Gasteiger partial charge is 0.237 e. The third-order valence-electron chi connectivity index (χ3n) is 4.27. The third-order valence-corrected chi connectivity index (χ3v) is 5.40. The van der Waals surface area contributed by atoms with Crippen LogP contribution in [0.15, 0.2) is 53.7 Å². The van der Waals surface area contributed by atoms with Gasteiger partial charge in [0.15, 0.2) is 11.0 Å². The van der Waals surface area contributed by atoms with Crippen molar-refractivity contribution < 1.29 is 14.3 Å². The lowest BCUT2D eigenvalue weighted by molar-refractivity contribution is -0.115. The Hall–Kier alpha value is -3.00. The highest BCUT2D eigenvalue weighted by molar-refractivity contribution is 8.00. The number of ether oxygens (including phenoxy) is 2. The van der Waals surface area contributed by atoms with Gasteiger partial charge in [-0.2, -0.15) is 0 Å². The molecule has 0 radical (unpaired) electrons. The summed E-state index contributed by atoms with van der Waals surface area (Å²) in [6, 6.07) is 14.9. The molecule has 1 heterocycles. The predicted molar refractivity (Wildman–Crippen MR) is 115 cm³/mol. The van der Waals surface area contributed by atoms with E-state index in [1.165, 1.54) is 11.8 Å². The Bertz CT molecular complexity index is 972. The Morgan fingerprint density at radius 3 is 2.59 bits per heavy atom. The van der Waals surface area contributed by atoms with Crippen LogP contribution in [0.4, 0.5) is 5.69 Å². The SMILES string of the molecule is CCOc1ccc(NC(=O)[C@H](C)Sc2nnc(-c3ccccc3OC)n2C)cc1. The quantitative estimate of drug-likeness (QED) is 0.563. The topological polar surface area (TPSA) is 78.3 Å². The zero-order valence-corrected chi connectivity index (χ0v) is 17.7. The standard InChI is InChI=1S/C21H24N4O3S/c1-5-28-16-12-10-15(11-13-16)22-20(26)14(2)29-21-24-23-19(25(21)3)17-8-6-7-9-18(17)27-4/h6-14H,5H2,1-4H3,(H,22,26)/t14-/m0/s1. The molecule has 0 unspecified atom stereocenters. The van der Waals surface area contributed by atoms with Crippen LogP contribution in [0, 0.1) is 0 Å². The maximum atomic E-state index is 12.6. The number of thioether (sulfide) groups is 1. The summed E-state index contributed by atoms with van der Waals surface area (Å²) in [5.74, 6) is 2.07. The van der Waals surface area contributed by atoms with Crippen LogP contribution in [0.5, 0.6) is 11.5 Å². The highest BCUT2D eigenvalue weighted by Gasteiger charge is 2.20. The Kier molecular flexibility index (Phi) is 6.77. The molecular formula is C21H24N4O3S. The number of amides is 1. The monoisotopic (exact) mass is 412 g/mol. The van der Waals surface area contributed by atoms with Gasteiger partial charge in [0, 0.05) is 12.7 Å². The molecule has 8 heteroatoms. The van der Waals surface area contributed by atoms with Crippen molar-refractivity contribution in [1.82, 2.24) is 14.8 Å². The number of nitrogens with one attached hydrogen (secondary N) is 1. The number of carbonyl (C=O) groups excluding carboxylic acids is 1. The minimum absolute atomic E-state index is 0.110. The molecule has 152 valence electrons. The summed E-state index contributed by atoms with van der Waals surface area (Å²) >= 11 is 1.35. The van der Waals surface area contributed by atoms with E-state index in [0.717, 1.165) is 22.7 Å². The van der Waals surface area contributed by atoms with Crippen molar-refractivity contribution in [3.8, 4) is 22.9 Å². The minimum Gasteiger partial charge on any atom is -0.496 e. The first-order chi connectivity index (χ1) is 14.0. The molecule has 7 nitrogen and oxygen atoms in total. The Balaban J connectivity index is 1.68. The van der Waals surface area contributed by atoms with Gasteiger partial charge in [-0.3, -0.25) is 4.79 Å². The van der Waals surface area contributed by atoms with Gasteiger partial charge in [0.05, 0.1) is 24.5 Å². The second-order valence-electron chi connectivity index (χ2n) is 6.27. The average molecular weight is 413 g/mol. The maximum absolute atomic E-state index is 12.6. The molecule has 0 saturated carbocycles. The molecule has 2 aromatic carbocycles. The van der Waals surface area contributed by atoms with E-state index in [1.807, 2.05) is 74.0 Å². The lowest BCUT2D eigenvalue weighted by Gasteiger charge is -2.12. The number of methoxy groups -OCH3 is 1. The average Bonchev–Trinajstić information content (AvgIpc) is 3.09. The van der Waals surface area contributed by atoms with E-state index >= 15 is 0 Å². The summed E-state index contributed by atoms with van der Waals surface area (Å²) in [6.45, 7) is 4.38. The zero-order valence-electron chi connectivity index (χ0n) is 16.9. The van der Waals surface area contributed by atoms with E-state index in [0.29, 0.717) is 17.6 Å². The summed E-state index contributed by atoms with van der Waals surface area (Å²) in [6.07, 6.45) is 0. The molecule has 0 aliphatic heterocycles. The minimum atomic E-state index is -0.352. The number of aromatic nitrogens is 3. The molecule has 1 aromatic heterocycles. The molecule has 0 aliphatic rings. The summed E-state index contributed by atoms with van der Waals surface area (Å²) in [4.78, 5) is 12.6. The van der Waals surface area contributed by atoms with Crippen molar-refractivity contribution >= 4 is 23.4 Å². The van der Waals surface area contributed by atoms with Gasteiger partial charge in [0.1, 0.15) is 11.5 Å². The predicted octanol–water partition coefficient (Wildman–Crippen LogP) is 4.01. The van der Waals surface area contributed by atoms with Crippen molar-refractivity contribution in [2.75, 3.05) is 19.0 Å². The summed E-state index contributed by atoms with van der Waals surface area (Å²) in [7, 11) is 3.50. The number of hydrogen-bond acceptors (Lipinski definition) is 6. The molecule has 1 N–H and O–H groups in total. The first kappa shape index (κ1) is 20.7. The Morgan fingerprint density at radius 2 is 1.90 bits per heavy atom. The zero-order chi connectivity index (χ0) is 20.8. The normalized spacial score (nSPS) is 11.7. The van der Waals surface area contributed by atoms with Gasteiger partial charge in [0.25, 0.3) is 0 Å². The fourth-order valence-electron chi connectivity index (χ4n) is 2.74. The van der Waals surface area contributed by atoms with Crippen LogP contribution >= 0.6 is 11.8 Å². The summed E-state index contributed by atoms with van der Waals surface area (Å²) in [5, 5.41) is 11.8. The highest BCUT2D eigenvalue weighted by atomic mass is 32.2. The molecule has 29 heavy (non-hydrogen) atoms.